The predicted octanol–water partition coefficient (Wildman–Crippen LogP) is 4.34. The Balaban J connectivity index is 1.93. The van der Waals surface area contributed by atoms with Gasteiger partial charge < -0.3 is 10.1 Å². The average Bonchev–Trinajstić information content (AvgIpc) is 2.48. The van der Waals surface area contributed by atoms with Crippen LogP contribution in [-0.4, -0.2) is 12.5 Å². The molecule has 0 saturated carbocycles. The summed E-state index contributed by atoms with van der Waals surface area (Å²) in [6.07, 6.45) is -4.39. The zero-order valence-corrected chi connectivity index (χ0v) is 12.7. The fraction of sp³-hybridized carbons (Fsp3) is 0.235. The number of amides is 1. The predicted molar refractivity (Wildman–Crippen MR) is 81.5 cm³/mol. The van der Waals surface area contributed by atoms with Gasteiger partial charge >= 0.3 is 6.18 Å². The number of aryl methyl sites for hydroxylation is 1. The minimum Gasteiger partial charge on any atom is -0.483 e. The monoisotopic (exact) mass is 323 g/mol. The van der Waals surface area contributed by atoms with Crippen molar-refractivity contribution >= 4 is 11.6 Å². The average molecular weight is 323 g/mol. The van der Waals surface area contributed by atoms with Crippen LogP contribution in [0.1, 0.15) is 16.7 Å². The summed E-state index contributed by atoms with van der Waals surface area (Å²) in [4.78, 5) is 11.8. The number of nitrogens with one attached hydrogen (secondary N) is 1. The molecular formula is C17H16F3NO2. The van der Waals surface area contributed by atoms with Crippen LogP contribution in [0.15, 0.2) is 42.5 Å². The number of hydrogen-bond donors (Lipinski definition) is 1. The second-order valence-corrected chi connectivity index (χ2v) is 5.11. The maximum atomic E-state index is 12.5. The number of anilines is 1. The van der Waals surface area contributed by atoms with Gasteiger partial charge in [0.1, 0.15) is 5.75 Å². The normalized spacial score (nSPS) is 11.2. The zero-order valence-electron chi connectivity index (χ0n) is 12.7. The molecule has 0 fully saturated rings. The molecule has 0 heterocycles. The smallest absolute Gasteiger partial charge is 0.416 e. The van der Waals surface area contributed by atoms with Gasteiger partial charge in [-0.3, -0.25) is 4.79 Å². The van der Waals surface area contributed by atoms with Gasteiger partial charge in [-0.05, 0) is 55.3 Å². The molecule has 23 heavy (non-hydrogen) atoms. The maximum absolute atomic E-state index is 12.5. The molecule has 122 valence electrons. The number of carbonyl (C=O) groups is 1. The van der Waals surface area contributed by atoms with Crippen LogP contribution >= 0.6 is 0 Å². The van der Waals surface area contributed by atoms with Gasteiger partial charge in [0.25, 0.3) is 5.91 Å². The molecule has 0 aliphatic heterocycles. The van der Waals surface area contributed by atoms with Crippen molar-refractivity contribution in [2.24, 2.45) is 0 Å². The largest absolute Gasteiger partial charge is 0.483 e. The standard InChI is InChI=1S/C17H16F3NO2/c1-11-4-3-5-15(12(11)2)23-10-16(22)21-14-8-6-13(7-9-14)17(18,19)20/h3-9H,10H2,1-2H3,(H,21,22). The first-order valence-corrected chi connectivity index (χ1v) is 6.93. The summed E-state index contributed by atoms with van der Waals surface area (Å²) >= 11 is 0. The molecule has 0 spiro atoms. The minimum atomic E-state index is -4.39. The molecule has 2 rings (SSSR count). The van der Waals surface area contributed by atoms with Gasteiger partial charge in [-0.1, -0.05) is 12.1 Å². The van der Waals surface area contributed by atoms with E-state index < -0.39 is 17.6 Å². The molecule has 0 aliphatic carbocycles. The van der Waals surface area contributed by atoms with E-state index in [1.165, 1.54) is 12.1 Å². The Labute approximate surface area is 132 Å². The van der Waals surface area contributed by atoms with Gasteiger partial charge in [-0.2, -0.15) is 13.2 Å². The third kappa shape index (κ3) is 4.48. The molecular weight excluding hydrogens is 307 g/mol. The lowest BCUT2D eigenvalue weighted by molar-refractivity contribution is -0.137. The van der Waals surface area contributed by atoms with Crippen LogP contribution in [0.2, 0.25) is 0 Å². The number of ether oxygens (including phenoxy) is 1. The molecule has 0 saturated heterocycles. The third-order valence-electron chi connectivity index (χ3n) is 3.41. The van der Waals surface area contributed by atoms with E-state index in [2.05, 4.69) is 5.32 Å². The van der Waals surface area contributed by atoms with E-state index >= 15 is 0 Å². The molecule has 0 aliphatic rings. The van der Waals surface area contributed by atoms with Crippen molar-refractivity contribution in [3.05, 3.63) is 59.2 Å². The summed E-state index contributed by atoms with van der Waals surface area (Å²) in [5.41, 5.74) is 1.51. The van der Waals surface area contributed by atoms with E-state index in [0.29, 0.717) is 5.75 Å². The second kappa shape index (κ2) is 6.73. The summed E-state index contributed by atoms with van der Waals surface area (Å²) in [6, 6.07) is 9.77. The van der Waals surface area contributed by atoms with Crippen molar-refractivity contribution in [3.63, 3.8) is 0 Å². The Morgan fingerprint density at radius 3 is 2.35 bits per heavy atom. The van der Waals surface area contributed by atoms with Crippen molar-refractivity contribution in [1.82, 2.24) is 0 Å². The Kier molecular flexibility index (Phi) is 4.93. The second-order valence-electron chi connectivity index (χ2n) is 5.11. The van der Waals surface area contributed by atoms with Crippen LogP contribution in [-0.2, 0) is 11.0 Å². The van der Waals surface area contributed by atoms with Gasteiger partial charge in [-0.15, -0.1) is 0 Å². The molecule has 2 aromatic rings. The zero-order chi connectivity index (χ0) is 17.0. The lowest BCUT2D eigenvalue weighted by Gasteiger charge is -2.11. The van der Waals surface area contributed by atoms with Crippen LogP contribution in [0.5, 0.6) is 5.75 Å². The first kappa shape index (κ1) is 16.9. The number of hydrogen-bond acceptors (Lipinski definition) is 2. The highest BCUT2D eigenvalue weighted by Crippen LogP contribution is 2.29. The van der Waals surface area contributed by atoms with Gasteiger partial charge in [0.2, 0.25) is 0 Å². The minimum absolute atomic E-state index is 0.217. The third-order valence-corrected chi connectivity index (χ3v) is 3.41. The first-order chi connectivity index (χ1) is 10.8. The fourth-order valence-corrected chi connectivity index (χ4v) is 1.96. The van der Waals surface area contributed by atoms with Gasteiger partial charge in [0.15, 0.2) is 6.61 Å². The maximum Gasteiger partial charge on any atom is 0.416 e. The van der Waals surface area contributed by atoms with Gasteiger partial charge in [-0.25, -0.2) is 0 Å². The Morgan fingerprint density at radius 1 is 1.09 bits per heavy atom. The molecule has 2 aromatic carbocycles. The van der Waals surface area contributed by atoms with E-state index in [0.717, 1.165) is 23.3 Å². The highest BCUT2D eigenvalue weighted by Gasteiger charge is 2.29. The molecule has 3 nitrogen and oxygen atoms in total. The molecule has 1 amide bonds. The van der Waals surface area contributed by atoms with E-state index in [-0.39, 0.29) is 12.3 Å². The van der Waals surface area contributed by atoms with Crippen molar-refractivity contribution in [2.75, 3.05) is 11.9 Å². The topological polar surface area (TPSA) is 38.3 Å². The number of alkyl halides is 3. The Morgan fingerprint density at radius 2 is 1.74 bits per heavy atom. The highest BCUT2D eigenvalue weighted by molar-refractivity contribution is 5.91. The number of halogens is 3. The van der Waals surface area contributed by atoms with Crippen molar-refractivity contribution in [3.8, 4) is 5.75 Å². The SMILES string of the molecule is Cc1cccc(OCC(=O)Nc2ccc(C(F)(F)F)cc2)c1C. The summed E-state index contributed by atoms with van der Waals surface area (Å²) in [6.45, 7) is 3.61. The first-order valence-electron chi connectivity index (χ1n) is 6.93. The Hall–Kier alpha value is -2.50. The lowest BCUT2D eigenvalue weighted by Crippen LogP contribution is -2.20. The fourth-order valence-electron chi connectivity index (χ4n) is 1.96. The van der Waals surface area contributed by atoms with Gasteiger partial charge in [0, 0.05) is 5.69 Å². The van der Waals surface area contributed by atoms with Crippen molar-refractivity contribution < 1.29 is 22.7 Å². The summed E-state index contributed by atoms with van der Waals surface area (Å²) < 4.78 is 42.8. The number of carbonyl (C=O) groups excluding carboxylic acids is 1. The lowest BCUT2D eigenvalue weighted by atomic mass is 10.1. The summed E-state index contributed by atoms with van der Waals surface area (Å²) in [5, 5.41) is 2.49. The number of benzene rings is 2. The van der Waals surface area contributed by atoms with Crippen molar-refractivity contribution in [1.29, 1.82) is 0 Å². The molecule has 6 heteroatoms. The summed E-state index contributed by atoms with van der Waals surface area (Å²) in [5.74, 6) is 0.165. The van der Waals surface area contributed by atoms with Crippen LogP contribution in [0.4, 0.5) is 18.9 Å². The Bertz CT molecular complexity index is 694. The quantitative estimate of drug-likeness (QED) is 0.909. The van der Waals surface area contributed by atoms with Crippen LogP contribution in [0, 0.1) is 13.8 Å². The molecule has 0 radical (unpaired) electrons. The molecule has 0 bridgehead atoms. The van der Waals surface area contributed by atoms with Gasteiger partial charge in [0.05, 0.1) is 5.56 Å². The number of rotatable bonds is 4. The molecule has 1 N–H and O–H groups in total. The molecule has 0 atom stereocenters. The van der Waals surface area contributed by atoms with E-state index in [1.807, 2.05) is 26.0 Å². The van der Waals surface area contributed by atoms with Crippen LogP contribution in [0.3, 0.4) is 0 Å². The highest BCUT2D eigenvalue weighted by atomic mass is 19.4. The summed E-state index contributed by atoms with van der Waals surface area (Å²) in [7, 11) is 0. The van der Waals surface area contributed by atoms with Crippen molar-refractivity contribution in [2.45, 2.75) is 20.0 Å². The molecule has 0 unspecified atom stereocenters. The van der Waals surface area contributed by atoms with E-state index in [9.17, 15) is 18.0 Å². The van der Waals surface area contributed by atoms with Crippen LogP contribution in [0.25, 0.3) is 0 Å². The molecule has 0 aromatic heterocycles. The van der Waals surface area contributed by atoms with E-state index in [4.69, 9.17) is 4.74 Å². The van der Waals surface area contributed by atoms with E-state index in [1.54, 1.807) is 6.07 Å². The van der Waals surface area contributed by atoms with Crippen LogP contribution < -0.4 is 10.1 Å².